The molecular formula is C41H31NS. The standard InChI is InChI=1S/C41H31NS/c1-42-38-24-22-30(26-36(32-14-6-2-7-15-32)33-16-8-3-9-17-33)28-40(38)43-41-29-31(23-25-39(41)42)27-37(34-18-10-4-11-19-34)35-20-12-5-13-21-35/h2-29H,1H3. The quantitative estimate of drug-likeness (QED) is 0.184. The van der Waals surface area contributed by atoms with Crippen LogP contribution in [-0.2, 0) is 0 Å². The fraction of sp³-hybridized carbons (Fsp3) is 0.0244. The number of nitrogens with zero attached hydrogens (tertiary/aromatic N) is 1. The molecule has 1 heterocycles. The van der Waals surface area contributed by atoms with Crippen LogP contribution >= 0.6 is 11.8 Å². The second-order valence-corrected chi connectivity index (χ2v) is 11.8. The molecular weight excluding hydrogens is 539 g/mol. The molecule has 206 valence electrons. The summed E-state index contributed by atoms with van der Waals surface area (Å²) < 4.78 is 0. The molecule has 0 saturated heterocycles. The summed E-state index contributed by atoms with van der Waals surface area (Å²) in [4.78, 5) is 4.83. The van der Waals surface area contributed by atoms with E-state index in [1.807, 2.05) is 11.8 Å². The lowest BCUT2D eigenvalue weighted by Gasteiger charge is -2.30. The minimum Gasteiger partial charge on any atom is -0.343 e. The minimum absolute atomic E-state index is 1.19. The number of anilines is 2. The second-order valence-electron chi connectivity index (χ2n) is 10.7. The van der Waals surface area contributed by atoms with Crippen LogP contribution in [0.25, 0.3) is 23.3 Å². The molecule has 1 aliphatic heterocycles. The maximum Gasteiger partial charge on any atom is 0.0550 e. The van der Waals surface area contributed by atoms with E-state index in [1.165, 1.54) is 65.7 Å². The van der Waals surface area contributed by atoms with Crippen LogP contribution in [0, 0.1) is 0 Å². The van der Waals surface area contributed by atoms with Crippen molar-refractivity contribution < 1.29 is 0 Å². The van der Waals surface area contributed by atoms with Gasteiger partial charge in [0, 0.05) is 16.8 Å². The van der Waals surface area contributed by atoms with Crippen LogP contribution in [0.15, 0.2) is 168 Å². The Bertz CT molecular complexity index is 1700. The zero-order valence-electron chi connectivity index (χ0n) is 24.0. The first-order valence-corrected chi connectivity index (χ1v) is 15.4. The summed E-state index contributed by atoms with van der Waals surface area (Å²) in [5.74, 6) is 0. The molecule has 0 spiro atoms. The third kappa shape index (κ3) is 5.70. The SMILES string of the molecule is CN1c2ccc(C=C(c3ccccc3)c3ccccc3)cc2Sc2cc(C=C(c3ccccc3)c3ccccc3)ccc21. The van der Waals surface area contributed by atoms with Crippen molar-refractivity contribution in [1.82, 2.24) is 0 Å². The summed E-state index contributed by atoms with van der Waals surface area (Å²) in [6.07, 6.45) is 4.62. The second kappa shape index (κ2) is 12.1. The predicted octanol–water partition coefficient (Wildman–Crippen LogP) is 11.1. The third-order valence-electron chi connectivity index (χ3n) is 7.87. The molecule has 0 N–H and O–H groups in total. The van der Waals surface area contributed by atoms with Crippen LogP contribution in [0.2, 0.25) is 0 Å². The molecule has 7 rings (SSSR count). The van der Waals surface area contributed by atoms with Crippen LogP contribution in [0.1, 0.15) is 33.4 Å². The average Bonchev–Trinajstić information content (AvgIpc) is 3.07. The zero-order chi connectivity index (χ0) is 29.0. The Morgan fingerprint density at radius 2 is 0.767 bits per heavy atom. The van der Waals surface area contributed by atoms with Gasteiger partial charge in [0.25, 0.3) is 0 Å². The molecule has 0 aromatic heterocycles. The fourth-order valence-corrected chi connectivity index (χ4v) is 6.92. The summed E-state index contributed by atoms with van der Waals surface area (Å²) in [6.45, 7) is 0. The van der Waals surface area contributed by atoms with Crippen LogP contribution in [-0.4, -0.2) is 7.05 Å². The van der Waals surface area contributed by atoms with E-state index in [-0.39, 0.29) is 0 Å². The van der Waals surface area contributed by atoms with E-state index >= 15 is 0 Å². The van der Waals surface area contributed by atoms with Crippen LogP contribution in [0.4, 0.5) is 11.4 Å². The lowest BCUT2D eigenvalue weighted by molar-refractivity contribution is 1.11. The van der Waals surface area contributed by atoms with Crippen molar-refractivity contribution >= 4 is 46.4 Å². The Morgan fingerprint density at radius 3 is 1.09 bits per heavy atom. The number of fused-ring (bicyclic) bond motifs is 2. The molecule has 2 heteroatoms. The molecule has 0 bridgehead atoms. The van der Waals surface area contributed by atoms with Gasteiger partial charge in [-0.05, 0) is 80.9 Å². The molecule has 0 atom stereocenters. The highest BCUT2D eigenvalue weighted by Crippen LogP contribution is 2.48. The van der Waals surface area contributed by atoms with Gasteiger partial charge < -0.3 is 4.90 Å². The molecule has 43 heavy (non-hydrogen) atoms. The Morgan fingerprint density at radius 1 is 0.442 bits per heavy atom. The number of rotatable bonds is 6. The van der Waals surface area contributed by atoms with Gasteiger partial charge in [0.05, 0.1) is 11.4 Å². The van der Waals surface area contributed by atoms with Crippen molar-refractivity contribution in [3.8, 4) is 0 Å². The normalized spacial score (nSPS) is 11.7. The topological polar surface area (TPSA) is 3.24 Å². The third-order valence-corrected chi connectivity index (χ3v) is 8.97. The van der Waals surface area contributed by atoms with Crippen molar-refractivity contribution in [1.29, 1.82) is 0 Å². The highest BCUT2D eigenvalue weighted by atomic mass is 32.2. The van der Waals surface area contributed by atoms with Gasteiger partial charge in [-0.25, -0.2) is 0 Å². The van der Waals surface area contributed by atoms with Crippen molar-refractivity contribution in [2.75, 3.05) is 11.9 Å². The van der Waals surface area contributed by atoms with E-state index in [0.717, 1.165) is 0 Å². The Kier molecular flexibility index (Phi) is 7.52. The molecule has 1 aliphatic rings. The van der Waals surface area contributed by atoms with Crippen LogP contribution < -0.4 is 4.90 Å². The van der Waals surface area contributed by atoms with Crippen LogP contribution in [0.3, 0.4) is 0 Å². The predicted molar refractivity (Wildman–Crippen MR) is 185 cm³/mol. The van der Waals surface area contributed by atoms with Crippen molar-refractivity contribution in [3.05, 3.63) is 191 Å². The van der Waals surface area contributed by atoms with Gasteiger partial charge in [-0.15, -0.1) is 0 Å². The van der Waals surface area contributed by atoms with Gasteiger partial charge in [0.15, 0.2) is 0 Å². The van der Waals surface area contributed by atoms with E-state index in [9.17, 15) is 0 Å². The highest BCUT2D eigenvalue weighted by molar-refractivity contribution is 7.99. The molecule has 0 radical (unpaired) electrons. The summed E-state index contributed by atoms with van der Waals surface area (Å²) in [5, 5.41) is 0. The largest absolute Gasteiger partial charge is 0.343 e. The first-order valence-electron chi connectivity index (χ1n) is 14.6. The van der Waals surface area contributed by atoms with Crippen molar-refractivity contribution in [3.63, 3.8) is 0 Å². The van der Waals surface area contributed by atoms with E-state index in [2.05, 4.69) is 182 Å². The maximum absolute atomic E-state index is 2.33. The Hall–Kier alpha value is -5.05. The summed E-state index contributed by atoms with van der Waals surface area (Å²) in [7, 11) is 2.17. The lowest BCUT2D eigenvalue weighted by atomic mass is 9.95. The first-order chi connectivity index (χ1) is 21.2. The van der Waals surface area contributed by atoms with Crippen molar-refractivity contribution in [2.45, 2.75) is 9.79 Å². The van der Waals surface area contributed by atoms with Gasteiger partial charge in [-0.1, -0.05) is 145 Å². The summed E-state index contributed by atoms with van der Waals surface area (Å²) >= 11 is 1.85. The minimum atomic E-state index is 1.19. The molecule has 6 aromatic carbocycles. The first kappa shape index (κ1) is 26.8. The molecule has 1 nitrogen and oxygen atoms in total. The summed E-state index contributed by atoms with van der Waals surface area (Å²) in [6, 6.07) is 56.2. The molecule has 0 fully saturated rings. The molecule has 6 aromatic rings. The fourth-order valence-electron chi connectivity index (χ4n) is 5.68. The number of hydrogen-bond donors (Lipinski definition) is 0. The molecule has 0 aliphatic carbocycles. The van der Waals surface area contributed by atoms with E-state index in [1.54, 1.807) is 0 Å². The van der Waals surface area contributed by atoms with Gasteiger partial charge in [-0.2, -0.15) is 0 Å². The van der Waals surface area contributed by atoms with E-state index < -0.39 is 0 Å². The average molecular weight is 570 g/mol. The van der Waals surface area contributed by atoms with E-state index in [4.69, 9.17) is 0 Å². The van der Waals surface area contributed by atoms with Gasteiger partial charge >= 0.3 is 0 Å². The number of hydrogen-bond acceptors (Lipinski definition) is 2. The number of benzene rings is 6. The Labute approximate surface area is 258 Å². The molecule has 0 saturated carbocycles. The summed E-state index contributed by atoms with van der Waals surface area (Å²) in [5.41, 5.74) is 12.1. The van der Waals surface area contributed by atoms with Crippen LogP contribution in [0.5, 0.6) is 0 Å². The molecule has 0 amide bonds. The maximum atomic E-state index is 2.33. The zero-order valence-corrected chi connectivity index (χ0v) is 24.8. The Balaban J connectivity index is 1.26. The lowest BCUT2D eigenvalue weighted by Crippen LogP contribution is -2.14. The smallest absolute Gasteiger partial charge is 0.0550 e. The monoisotopic (exact) mass is 569 g/mol. The van der Waals surface area contributed by atoms with Gasteiger partial charge in [0.1, 0.15) is 0 Å². The van der Waals surface area contributed by atoms with Gasteiger partial charge in [0.2, 0.25) is 0 Å². The van der Waals surface area contributed by atoms with E-state index in [0.29, 0.717) is 0 Å². The van der Waals surface area contributed by atoms with Crippen molar-refractivity contribution in [2.24, 2.45) is 0 Å². The highest BCUT2D eigenvalue weighted by Gasteiger charge is 2.21. The molecule has 0 unspecified atom stereocenters. The van der Waals surface area contributed by atoms with Gasteiger partial charge in [-0.3, -0.25) is 0 Å².